The molecule has 1 aliphatic rings. The van der Waals surface area contributed by atoms with Crippen LogP contribution in [0.1, 0.15) is 18.1 Å². The van der Waals surface area contributed by atoms with Gasteiger partial charge in [0, 0.05) is 0 Å². The SMILES string of the molecule is CCOC(=O)CN1C(=O)SC(=Cc2cc(Cl)c(OCc3ccc(F)cc3)c(OC)c2)C1=O. The standard InChI is InChI=1S/C22H19ClFNO6S/c1-3-30-19(26)11-25-21(27)18(32-22(25)28)10-14-8-16(23)20(17(9-14)29-2)31-12-13-4-6-15(24)7-5-13/h4-10H,3,11-12H2,1-2H3. The molecule has 0 spiro atoms. The van der Waals surface area contributed by atoms with E-state index in [2.05, 4.69) is 0 Å². The van der Waals surface area contributed by atoms with Crippen molar-refractivity contribution in [3.8, 4) is 11.5 Å². The van der Waals surface area contributed by atoms with Crippen molar-refractivity contribution in [1.29, 1.82) is 0 Å². The smallest absolute Gasteiger partial charge is 0.326 e. The molecular weight excluding hydrogens is 461 g/mol. The van der Waals surface area contributed by atoms with Crippen molar-refractivity contribution in [2.24, 2.45) is 0 Å². The zero-order valence-corrected chi connectivity index (χ0v) is 18.8. The zero-order chi connectivity index (χ0) is 23.3. The first-order valence-electron chi connectivity index (χ1n) is 9.48. The molecule has 1 fully saturated rings. The Hall–Kier alpha value is -3.04. The van der Waals surface area contributed by atoms with Crippen molar-refractivity contribution in [2.45, 2.75) is 13.5 Å². The Balaban J connectivity index is 1.78. The lowest BCUT2D eigenvalue weighted by atomic mass is 10.1. The second kappa shape index (κ2) is 10.5. The average molecular weight is 480 g/mol. The number of esters is 1. The summed E-state index contributed by atoms with van der Waals surface area (Å²) >= 11 is 7.08. The minimum Gasteiger partial charge on any atom is -0.493 e. The van der Waals surface area contributed by atoms with Gasteiger partial charge in [-0.15, -0.1) is 0 Å². The molecule has 3 rings (SSSR count). The maximum atomic E-state index is 13.1. The van der Waals surface area contributed by atoms with E-state index >= 15 is 0 Å². The van der Waals surface area contributed by atoms with Crippen LogP contribution < -0.4 is 9.47 Å². The van der Waals surface area contributed by atoms with Crippen LogP contribution in [0.15, 0.2) is 41.3 Å². The van der Waals surface area contributed by atoms with Gasteiger partial charge < -0.3 is 14.2 Å². The largest absolute Gasteiger partial charge is 0.493 e. The first-order valence-corrected chi connectivity index (χ1v) is 10.7. The Morgan fingerprint density at radius 1 is 1.22 bits per heavy atom. The molecule has 0 atom stereocenters. The predicted octanol–water partition coefficient (Wildman–Crippen LogP) is 4.67. The zero-order valence-electron chi connectivity index (χ0n) is 17.2. The molecule has 7 nitrogen and oxygen atoms in total. The summed E-state index contributed by atoms with van der Waals surface area (Å²) in [5, 5.41) is -0.338. The van der Waals surface area contributed by atoms with Gasteiger partial charge in [0.15, 0.2) is 11.5 Å². The number of ether oxygens (including phenoxy) is 3. The second-order valence-electron chi connectivity index (χ2n) is 6.52. The van der Waals surface area contributed by atoms with Crippen molar-refractivity contribution < 1.29 is 33.0 Å². The summed E-state index contributed by atoms with van der Waals surface area (Å²) in [7, 11) is 1.44. The van der Waals surface area contributed by atoms with Crippen LogP contribution in [0.3, 0.4) is 0 Å². The number of imide groups is 1. The Morgan fingerprint density at radius 3 is 2.59 bits per heavy atom. The van der Waals surface area contributed by atoms with Crippen molar-refractivity contribution in [1.82, 2.24) is 4.90 Å². The molecule has 1 heterocycles. The van der Waals surface area contributed by atoms with E-state index in [1.54, 1.807) is 31.2 Å². The fraction of sp³-hybridized carbons (Fsp3) is 0.227. The molecular formula is C22H19ClFNO6S. The summed E-state index contributed by atoms with van der Waals surface area (Å²) in [6.07, 6.45) is 1.48. The van der Waals surface area contributed by atoms with E-state index in [-0.39, 0.29) is 34.7 Å². The van der Waals surface area contributed by atoms with Gasteiger partial charge in [-0.25, -0.2) is 4.39 Å². The molecule has 0 aromatic heterocycles. The maximum Gasteiger partial charge on any atom is 0.326 e. The molecule has 2 aromatic carbocycles. The van der Waals surface area contributed by atoms with Crippen LogP contribution in [0.5, 0.6) is 11.5 Å². The van der Waals surface area contributed by atoms with Crippen molar-refractivity contribution >= 4 is 46.6 Å². The molecule has 2 amide bonds. The monoisotopic (exact) mass is 479 g/mol. The minimum absolute atomic E-state index is 0.136. The summed E-state index contributed by atoms with van der Waals surface area (Å²) in [4.78, 5) is 37.3. The van der Waals surface area contributed by atoms with Crippen molar-refractivity contribution in [2.75, 3.05) is 20.3 Å². The summed E-state index contributed by atoms with van der Waals surface area (Å²) < 4.78 is 29.0. The van der Waals surface area contributed by atoms with Crippen LogP contribution >= 0.6 is 23.4 Å². The molecule has 0 radical (unpaired) electrons. The minimum atomic E-state index is -0.664. The molecule has 0 aliphatic carbocycles. The van der Waals surface area contributed by atoms with Gasteiger partial charge in [-0.1, -0.05) is 23.7 Å². The lowest BCUT2D eigenvalue weighted by Crippen LogP contribution is -2.34. The van der Waals surface area contributed by atoms with Crippen LogP contribution in [-0.4, -0.2) is 42.3 Å². The fourth-order valence-electron chi connectivity index (χ4n) is 2.82. The van der Waals surface area contributed by atoms with E-state index < -0.39 is 23.7 Å². The number of carbonyl (C=O) groups excluding carboxylic acids is 3. The number of thioether (sulfide) groups is 1. The van der Waals surface area contributed by atoms with E-state index in [0.29, 0.717) is 23.1 Å². The molecule has 32 heavy (non-hydrogen) atoms. The number of hydrogen-bond acceptors (Lipinski definition) is 7. The van der Waals surface area contributed by atoms with Gasteiger partial charge in [-0.3, -0.25) is 19.3 Å². The van der Waals surface area contributed by atoms with Crippen molar-refractivity contribution in [3.05, 3.63) is 63.3 Å². The Bertz CT molecular complexity index is 1070. The van der Waals surface area contributed by atoms with Gasteiger partial charge in [0.25, 0.3) is 11.1 Å². The molecule has 1 saturated heterocycles. The van der Waals surface area contributed by atoms with Gasteiger partial charge in [0.2, 0.25) is 0 Å². The highest BCUT2D eigenvalue weighted by atomic mass is 35.5. The molecule has 0 unspecified atom stereocenters. The van der Waals surface area contributed by atoms with Crippen LogP contribution in [0, 0.1) is 5.82 Å². The van der Waals surface area contributed by atoms with E-state index in [4.69, 9.17) is 25.8 Å². The summed E-state index contributed by atoms with van der Waals surface area (Å²) in [5.41, 5.74) is 1.24. The first-order chi connectivity index (χ1) is 15.3. The number of halogens is 2. The molecule has 0 N–H and O–H groups in total. The third-order valence-electron chi connectivity index (χ3n) is 4.31. The van der Waals surface area contributed by atoms with Crippen LogP contribution in [-0.2, 0) is 20.9 Å². The number of nitrogens with zero attached hydrogens (tertiary/aromatic N) is 1. The summed E-state index contributed by atoms with van der Waals surface area (Å²) in [6, 6.07) is 9.01. The number of methoxy groups -OCH3 is 1. The van der Waals surface area contributed by atoms with Gasteiger partial charge >= 0.3 is 5.97 Å². The fourth-order valence-corrected chi connectivity index (χ4v) is 3.93. The van der Waals surface area contributed by atoms with Crippen LogP contribution in [0.25, 0.3) is 6.08 Å². The third kappa shape index (κ3) is 5.60. The van der Waals surface area contributed by atoms with E-state index in [9.17, 15) is 18.8 Å². The number of benzene rings is 2. The summed E-state index contributed by atoms with van der Waals surface area (Å²) in [5.74, 6) is -1.01. The highest BCUT2D eigenvalue weighted by molar-refractivity contribution is 8.18. The van der Waals surface area contributed by atoms with E-state index in [1.165, 1.54) is 25.3 Å². The topological polar surface area (TPSA) is 82.1 Å². The van der Waals surface area contributed by atoms with Gasteiger partial charge in [0.05, 0.1) is 23.6 Å². The van der Waals surface area contributed by atoms with Gasteiger partial charge in [0.1, 0.15) is 19.0 Å². The lowest BCUT2D eigenvalue weighted by Gasteiger charge is -2.14. The number of carbonyl (C=O) groups is 3. The number of amides is 2. The van der Waals surface area contributed by atoms with Gasteiger partial charge in [-0.05, 0) is 60.2 Å². The molecule has 2 aromatic rings. The lowest BCUT2D eigenvalue weighted by molar-refractivity contribution is -0.145. The summed E-state index contributed by atoms with van der Waals surface area (Å²) in [6.45, 7) is 1.48. The molecule has 168 valence electrons. The number of rotatable bonds is 8. The highest BCUT2D eigenvalue weighted by Crippen LogP contribution is 2.39. The Kier molecular flexibility index (Phi) is 7.76. The van der Waals surface area contributed by atoms with Crippen LogP contribution in [0.4, 0.5) is 9.18 Å². The molecule has 0 saturated carbocycles. The predicted molar refractivity (Wildman–Crippen MR) is 118 cm³/mol. The molecule has 10 heteroatoms. The quantitative estimate of drug-likeness (QED) is 0.402. The van der Waals surface area contributed by atoms with E-state index in [1.807, 2.05) is 0 Å². The third-order valence-corrected chi connectivity index (χ3v) is 5.50. The van der Waals surface area contributed by atoms with Crippen molar-refractivity contribution in [3.63, 3.8) is 0 Å². The van der Waals surface area contributed by atoms with E-state index in [0.717, 1.165) is 10.5 Å². The average Bonchev–Trinajstić information content (AvgIpc) is 3.01. The Labute approximate surface area is 193 Å². The normalized spacial score (nSPS) is 14.8. The maximum absolute atomic E-state index is 13.1. The Morgan fingerprint density at radius 2 is 1.94 bits per heavy atom. The number of hydrogen-bond donors (Lipinski definition) is 0. The second-order valence-corrected chi connectivity index (χ2v) is 7.92. The highest BCUT2D eigenvalue weighted by Gasteiger charge is 2.36. The van der Waals surface area contributed by atoms with Gasteiger partial charge in [-0.2, -0.15) is 0 Å². The molecule has 0 bridgehead atoms. The molecule has 1 aliphatic heterocycles. The van der Waals surface area contributed by atoms with Crippen LogP contribution in [0.2, 0.25) is 5.02 Å². The first kappa shape index (κ1) is 23.6.